The van der Waals surface area contributed by atoms with E-state index in [2.05, 4.69) is 131 Å². The van der Waals surface area contributed by atoms with Crippen LogP contribution >= 0.6 is 0 Å². The van der Waals surface area contributed by atoms with Crippen LogP contribution in [-0.2, 0) is 33.4 Å². The van der Waals surface area contributed by atoms with E-state index in [0.717, 1.165) is 26.2 Å². The molecule has 9 heterocycles. The maximum atomic E-state index is 7.66. The van der Waals surface area contributed by atoms with Crippen molar-refractivity contribution in [3.63, 3.8) is 0 Å². The summed E-state index contributed by atoms with van der Waals surface area (Å²) in [5, 5.41) is 0. The van der Waals surface area contributed by atoms with Crippen molar-refractivity contribution in [3.8, 4) is 0 Å². The molecule has 2 aliphatic carbocycles. The summed E-state index contributed by atoms with van der Waals surface area (Å²) in [7, 11) is 0. The molecule has 11 aliphatic rings. The SMILES string of the molecule is C1=C2C[N@+]3(Cc4ccccc4)CC[C@]45c6ccccc6N6[C@@H]7OCC=C8C[N@+]9(Cc%10ccccc%10)CC[C@]%10%11c%12ccccc%12N([C@H](OC1)[C@@H]([C@H]64)[C@H]2C[C@@H]53)[C@H]%10[C@H]7[C@H]8C[C@@H]%119. The lowest BCUT2D eigenvalue weighted by atomic mass is 9.52. The van der Waals surface area contributed by atoms with Gasteiger partial charge in [-0.3, -0.25) is 0 Å². The van der Waals surface area contributed by atoms with E-state index in [4.69, 9.17) is 9.47 Å². The van der Waals surface area contributed by atoms with Gasteiger partial charge < -0.3 is 28.2 Å². The Kier molecular flexibility index (Phi) is 6.15. The summed E-state index contributed by atoms with van der Waals surface area (Å²) in [6.45, 7) is 8.47. The minimum atomic E-state index is 0.0192. The minimum absolute atomic E-state index is 0.0192. The van der Waals surface area contributed by atoms with E-state index in [-0.39, 0.29) is 23.3 Å². The second-order valence-electron chi connectivity index (χ2n) is 20.7. The van der Waals surface area contributed by atoms with Crippen LogP contribution in [0.3, 0.4) is 0 Å². The van der Waals surface area contributed by atoms with Gasteiger partial charge in [0.1, 0.15) is 50.7 Å². The Morgan fingerprint density at radius 3 is 1.43 bits per heavy atom. The van der Waals surface area contributed by atoms with Crippen LogP contribution in [0.5, 0.6) is 0 Å². The van der Waals surface area contributed by atoms with Crippen LogP contribution < -0.4 is 9.80 Å². The second kappa shape index (κ2) is 10.9. The molecular formula is C52H54N4O2+2. The molecule has 2 saturated carbocycles. The van der Waals surface area contributed by atoms with E-state index in [1.807, 2.05) is 0 Å². The Labute approximate surface area is 342 Å². The highest BCUT2D eigenvalue weighted by atomic mass is 16.5. The number of ether oxygens (including phenoxy) is 2. The average Bonchev–Trinajstić information content (AvgIpc) is 3.87. The van der Waals surface area contributed by atoms with Crippen molar-refractivity contribution in [3.05, 3.63) is 155 Å². The van der Waals surface area contributed by atoms with Gasteiger partial charge in [0.15, 0.2) is 0 Å². The zero-order chi connectivity index (χ0) is 37.6. The lowest BCUT2D eigenvalue weighted by Gasteiger charge is -2.65. The van der Waals surface area contributed by atoms with E-state index in [1.165, 1.54) is 70.2 Å². The van der Waals surface area contributed by atoms with E-state index in [9.17, 15) is 0 Å². The molecule has 0 radical (unpaired) electrons. The number of para-hydroxylation sites is 2. The Morgan fingerprint density at radius 2 is 0.966 bits per heavy atom. The van der Waals surface area contributed by atoms with Gasteiger partial charge in [-0.15, -0.1) is 0 Å². The normalized spacial score (nSPS) is 44.6. The number of rotatable bonds is 4. The fraction of sp³-hybridized carbons (Fsp3) is 0.462. The number of piperidine rings is 2. The van der Waals surface area contributed by atoms with Gasteiger partial charge in [0.05, 0.1) is 49.2 Å². The highest BCUT2D eigenvalue weighted by molar-refractivity contribution is 5.72. The van der Waals surface area contributed by atoms with Crippen molar-refractivity contribution in [2.45, 2.75) is 86.2 Å². The number of hydrogen-bond acceptors (Lipinski definition) is 4. The van der Waals surface area contributed by atoms with E-state index >= 15 is 0 Å². The molecule has 292 valence electrons. The van der Waals surface area contributed by atoms with Gasteiger partial charge in [-0.25, -0.2) is 0 Å². The molecule has 4 bridgehead atoms. The molecule has 4 aromatic rings. The zero-order valence-corrected chi connectivity index (χ0v) is 33.4. The maximum absolute atomic E-state index is 7.66. The number of hydrogen-bond donors (Lipinski definition) is 0. The lowest BCUT2D eigenvalue weighted by Crippen LogP contribution is -2.78. The predicted octanol–water partition coefficient (Wildman–Crippen LogP) is 7.70. The summed E-state index contributed by atoms with van der Waals surface area (Å²) >= 11 is 0. The van der Waals surface area contributed by atoms with E-state index < -0.39 is 0 Å². The number of quaternary nitrogens is 2. The summed E-state index contributed by atoms with van der Waals surface area (Å²) in [6, 6.07) is 44.4. The van der Waals surface area contributed by atoms with E-state index in [1.54, 1.807) is 22.3 Å². The number of anilines is 2. The van der Waals surface area contributed by atoms with Crippen molar-refractivity contribution in [2.24, 2.45) is 23.7 Å². The van der Waals surface area contributed by atoms with Crippen LogP contribution in [0.2, 0.25) is 0 Å². The summed E-state index contributed by atoms with van der Waals surface area (Å²) in [5.41, 5.74) is 12.7. The summed E-state index contributed by atoms with van der Waals surface area (Å²) in [6.07, 6.45) is 10.2. The van der Waals surface area contributed by atoms with Crippen molar-refractivity contribution < 1.29 is 18.4 Å². The van der Waals surface area contributed by atoms with Gasteiger partial charge in [-0.2, -0.15) is 0 Å². The Balaban J connectivity index is 0.978. The van der Waals surface area contributed by atoms with Gasteiger partial charge in [-0.1, -0.05) is 109 Å². The average molecular weight is 767 g/mol. The second-order valence-corrected chi connectivity index (χ2v) is 20.7. The molecule has 5 saturated heterocycles. The fourth-order valence-electron chi connectivity index (χ4n) is 17.7. The van der Waals surface area contributed by atoms with Crippen LogP contribution in [0, 0.1) is 23.7 Å². The fourth-order valence-corrected chi connectivity index (χ4v) is 17.7. The third kappa shape index (κ3) is 3.63. The van der Waals surface area contributed by atoms with Crippen LogP contribution in [-0.4, -0.2) is 85.0 Å². The summed E-state index contributed by atoms with van der Waals surface area (Å²) in [5.74, 6) is 1.72. The van der Waals surface area contributed by atoms with Gasteiger partial charge in [0.25, 0.3) is 0 Å². The van der Waals surface area contributed by atoms with Crippen molar-refractivity contribution >= 4 is 11.4 Å². The Hall–Kier alpha value is -4.20. The van der Waals surface area contributed by atoms with Gasteiger partial charge in [-0.05, 0) is 34.4 Å². The molecule has 0 N–H and O–H groups in total. The minimum Gasteiger partial charge on any atom is -0.354 e. The van der Waals surface area contributed by atoms with E-state index in [0.29, 0.717) is 61.1 Å². The van der Waals surface area contributed by atoms with Crippen LogP contribution in [0.25, 0.3) is 0 Å². The first-order chi connectivity index (χ1) is 28.6. The summed E-state index contributed by atoms with van der Waals surface area (Å²) < 4.78 is 17.7. The molecule has 0 unspecified atom stereocenters. The number of fused-ring (bicyclic) bond motifs is 6. The topological polar surface area (TPSA) is 24.9 Å². The first-order valence-corrected chi connectivity index (χ1v) is 22.8. The molecule has 58 heavy (non-hydrogen) atoms. The Bertz CT molecular complexity index is 2300. The van der Waals surface area contributed by atoms with Crippen molar-refractivity contribution in [2.75, 3.05) is 49.2 Å². The highest BCUT2D eigenvalue weighted by Crippen LogP contribution is 2.73. The molecule has 0 amide bonds. The number of benzene rings is 4. The highest BCUT2D eigenvalue weighted by Gasteiger charge is 2.81. The zero-order valence-electron chi connectivity index (χ0n) is 33.4. The summed E-state index contributed by atoms with van der Waals surface area (Å²) in [4.78, 5) is 6.02. The van der Waals surface area contributed by atoms with Crippen molar-refractivity contribution in [1.82, 2.24) is 0 Å². The molecule has 2 spiro atoms. The molecule has 0 aromatic heterocycles. The molecule has 9 aliphatic heterocycles. The first-order valence-electron chi connectivity index (χ1n) is 22.8. The lowest BCUT2D eigenvalue weighted by molar-refractivity contribution is -0.955. The molecule has 14 atom stereocenters. The maximum Gasteiger partial charge on any atom is 0.136 e. The molecular weight excluding hydrogens is 713 g/mol. The predicted molar refractivity (Wildman–Crippen MR) is 225 cm³/mol. The number of nitrogens with zero attached hydrogens (tertiary/aromatic N) is 4. The monoisotopic (exact) mass is 766 g/mol. The van der Waals surface area contributed by atoms with Crippen LogP contribution in [0.4, 0.5) is 11.4 Å². The third-order valence-corrected chi connectivity index (χ3v) is 19.1. The third-order valence-electron chi connectivity index (χ3n) is 19.1. The van der Waals surface area contributed by atoms with Gasteiger partial charge in [0.2, 0.25) is 0 Å². The molecule has 7 fully saturated rings. The molecule has 15 rings (SSSR count). The molecule has 6 heteroatoms. The largest absolute Gasteiger partial charge is 0.354 e. The Morgan fingerprint density at radius 1 is 0.534 bits per heavy atom. The molecule has 6 nitrogen and oxygen atoms in total. The van der Waals surface area contributed by atoms with Crippen LogP contribution in [0.15, 0.2) is 132 Å². The molecule has 4 aromatic carbocycles. The standard InChI is InChI=1S/C52H54N4O2/c1-3-11-33(12-4-1)29-55-23-21-51-39-15-7-9-17-41(39)53-47(51)45-37(27-43(51)55)35(31-55)19-25-57-49(45)54-42-18-10-8-16-40(42)52-22-24-56(30-34-13-5-2-6-14-34)32-36-20-26-58-50(53)46(48(52)54)38(36)28-44(52)56/h1-20,37-38,43-50H,21-32H2/q+2/t37-,38-,43-,44-,45+,46+,47-,48-,49+,50+,51+,52+,55+,56+/m0/s1. The van der Waals surface area contributed by atoms with Crippen molar-refractivity contribution in [1.29, 1.82) is 0 Å². The quantitative estimate of drug-likeness (QED) is 0.157. The van der Waals surface area contributed by atoms with Gasteiger partial charge in [0, 0.05) is 71.9 Å². The first kappa shape index (κ1) is 32.6. The smallest absolute Gasteiger partial charge is 0.136 e. The van der Waals surface area contributed by atoms with Crippen LogP contribution in [0.1, 0.15) is 47.9 Å². The van der Waals surface area contributed by atoms with Gasteiger partial charge >= 0.3 is 0 Å².